The summed E-state index contributed by atoms with van der Waals surface area (Å²) < 4.78 is 39.9. The van der Waals surface area contributed by atoms with E-state index in [0.717, 1.165) is 6.07 Å². The highest BCUT2D eigenvalue weighted by molar-refractivity contribution is 6.36. The molecule has 2 aromatic rings. The monoisotopic (exact) mass is 371 g/mol. The van der Waals surface area contributed by atoms with E-state index in [4.69, 9.17) is 28.9 Å². The molecule has 2 aromatic carbocycles. The average Bonchev–Trinajstić information content (AvgIpc) is 2.88. The fourth-order valence-electron chi connectivity index (χ4n) is 2.57. The average molecular weight is 372 g/mol. The van der Waals surface area contributed by atoms with Crippen LogP contribution in [0.5, 0.6) is 0 Å². The Bertz CT molecular complexity index is 860. The predicted molar refractivity (Wildman–Crippen MR) is 88.8 cm³/mol. The number of nitrogens with zero attached hydrogens (tertiary/aromatic N) is 2. The molecule has 0 amide bonds. The molecule has 0 aromatic heterocycles. The zero-order valence-electron chi connectivity index (χ0n) is 12.0. The fourth-order valence-corrected chi connectivity index (χ4v) is 3.09. The van der Waals surface area contributed by atoms with Crippen LogP contribution in [0.1, 0.15) is 22.6 Å². The summed E-state index contributed by atoms with van der Waals surface area (Å²) in [5.74, 6) is -0.690. The summed E-state index contributed by atoms with van der Waals surface area (Å²) in [5.41, 5.74) is 5.58. The van der Waals surface area contributed by atoms with Crippen molar-refractivity contribution < 1.29 is 13.2 Å². The van der Waals surface area contributed by atoms with Crippen molar-refractivity contribution in [2.24, 2.45) is 15.9 Å². The Hall–Kier alpha value is -2.05. The van der Waals surface area contributed by atoms with Crippen molar-refractivity contribution in [3.63, 3.8) is 0 Å². The van der Waals surface area contributed by atoms with Gasteiger partial charge in [0.2, 0.25) is 0 Å². The Morgan fingerprint density at radius 1 is 1.00 bits per heavy atom. The molecular weight excluding hydrogens is 362 g/mol. The van der Waals surface area contributed by atoms with Gasteiger partial charge in [-0.1, -0.05) is 47.5 Å². The standard InChI is InChI=1S/C16H10Cl2F3N3/c17-8-5-6-10(12(18)7-8)13-14(23-24-15(13)22)9-3-1-2-4-11(9)16(19,20)21/h1-7,13H,(H2,22,24). The Morgan fingerprint density at radius 2 is 1.71 bits per heavy atom. The topological polar surface area (TPSA) is 50.7 Å². The second kappa shape index (κ2) is 6.11. The Labute approximate surface area is 145 Å². The molecule has 1 atom stereocenters. The minimum absolute atomic E-state index is 0.0752. The number of hydrogen-bond donors (Lipinski definition) is 1. The highest BCUT2D eigenvalue weighted by atomic mass is 35.5. The number of alkyl halides is 3. The second-order valence-corrected chi connectivity index (χ2v) is 6.00. The van der Waals surface area contributed by atoms with E-state index < -0.39 is 17.7 Å². The third kappa shape index (κ3) is 2.99. The number of amidine groups is 1. The maximum atomic E-state index is 13.3. The van der Waals surface area contributed by atoms with Gasteiger partial charge >= 0.3 is 6.18 Å². The molecule has 0 bridgehead atoms. The summed E-state index contributed by atoms with van der Waals surface area (Å²) in [6, 6.07) is 9.84. The van der Waals surface area contributed by atoms with Gasteiger partial charge in [-0.05, 0) is 23.8 Å². The molecule has 1 aliphatic heterocycles. The molecule has 1 unspecified atom stereocenters. The van der Waals surface area contributed by atoms with Gasteiger partial charge in [0.1, 0.15) is 5.84 Å². The van der Waals surface area contributed by atoms with Gasteiger partial charge < -0.3 is 5.73 Å². The molecule has 0 fully saturated rings. The molecule has 1 heterocycles. The first-order valence-electron chi connectivity index (χ1n) is 6.81. The van der Waals surface area contributed by atoms with E-state index in [1.54, 1.807) is 12.1 Å². The largest absolute Gasteiger partial charge is 0.417 e. The van der Waals surface area contributed by atoms with Gasteiger partial charge in [-0.15, -0.1) is 5.10 Å². The lowest BCUT2D eigenvalue weighted by Crippen LogP contribution is -2.27. The van der Waals surface area contributed by atoms with Crippen molar-refractivity contribution >= 4 is 34.7 Å². The SMILES string of the molecule is NC1=NN=C(c2ccccc2C(F)(F)F)C1c1ccc(Cl)cc1Cl. The Kier molecular flexibility index (Phi) is 4.27. The minimum atomic E-state index is -4.52. The maximum absolute atomic E-state index is 13.3. The Balaban J connectivity index is 2.13. The number of benzene rings is 2. The molecular formula is C16H10Cl2F3N3. The first-order chi connectivity index (χ1) is 11.3. The van der Waals surface area contributed by atoms with Crippen molar-refractivity contribution in [3.05, 3.63) is 69.2 Å². The third-order valence-electron chi connectivity index (χ3n) is 3.62. The van der Waals surface area contributed by atoms with Crippen LogP contribution >= 0.6 is 23.2 Å². The normalized spacial score (nSPS) is 17.6. The minimum Gasteiger partial charge on any atom is -0.385 e. The molecule has 0 spiro atoms. The van der Waals surface area contributed by atoms with Crippen molar-refractivity contribution in [1.82, 2.24) is 0 Å². The summed E-state index contributed by atoms with van der Waals surface area (Å²) in [4.78, 5) is 0. The van der Waals surface area contributed by atoms with E-state index in [0.29, 0.717) is 10.6 Å². The van der Waals surface area contributed by atoms with E-state index in [2.05, 4.69) is 10.2 Å². The van der Waals surface area contributed by atoms with E-state index >= 15 is 0 Å². The molecule has 24 heavy (non-hydrogen) atoms. The number of nitrogens with two attached hydrogens (primary N) is 1. The fraction of sp³-hybridized carbons (Fsp3) is 0.125. The van der Waals surface area contributed by atoms with Crippen LogP contribution in [-0.4, -0.2) is 11.5 Å². The van der Waals surface area contributed by atoms with Gasteiger partial charge in [-0.3, -0.25) is 0 Å². The molecule has 0 saturated carbocycles. The second-order valence-electron chi connectivity index (χ2n) is 5.15. The number of rotatable bonds is 2. The molecule has 3 nitrogen and oxygen atoms in total. The molecule has 124 valence electrons. The third-order valence-corrected chi connectivity index (χ3v) is 4.19. The first-order valence-corrected chi connectivity index (χ1v) is 7.57. The summed E-state index contributed by atoms with van der Waals surface area (Å²) >= 11 is 12.1. The summed E-state index contributed by atoms with van der Waals surface area (Å²) in [5, 5.41) is 8.32. The zero-order valence-corrected chi connectivity index (χ0v) is 13.5. The number of halogens is 5. The van der Waals surface area contributed by atoms with Crippen LogP contribution in [0, 0.1) is 0 Å². The van der Waals surface area contributed by atoms with Gasteiger partial charge in [-0.2, -0.15) is 18.3 Å². The van der Waals surface area contributed by atoms with Crippen molar-refractivity contribution in [1.29, 1.82) is 0 Å². The summed E-state index contributed by atoms with van der Waals surface area (Å²) in [6.45, 7) is 0. The van der Waals surface area contributed by atoms with E-state index in [1.165, 1.54) is 24.3 Å². The van der Waals surface area contributed by atoms with Gasteiger partial charge in [0.05, 0.1) is 17.2 Å². The quantitative estimate of drug-likeness (QED) is 0.804. The lowest BCUT2D eigenvalue weighted by Gasteiger charge is -2.19. The van der Waals surface area contributed by atoms with Crippen LogP contribution in [0.15, 0.2) is 52.7 Å². The van der Waals surface area contributed by atoms with Crippen LogP contribution in [0.25, 0.3) is 0 Å². The van der Waals surface area contributed by atoms with Gasteiger partial charge in [0.15, 0.2) is 0 Å². The van der Waals surface area contributed by atoms with Gasteiger partial charge in [-0.25, -0.2) is 0 Å². The molecule has 1 aliphatic rings. The van der Waals surface area contributed by atoms with E-state index in [1.807, 2.05) is 0 Å². The smallest absolute Gasteiger partial charge is 0.385 e. The number of hydrogen-bond acceptors (Lipinski definition) is 3. The summed E-state index contributed by atoms with van der Waals surface area (Å²) in [7, 11) is 0. The molecule has 8 heteroatoms. The lowest BCUT2D eigenvalue weighted by atomic mass is 9.87. The van der Waals surface area contributed by atoms with Crippen LogP contribution in [0.3, 0.4) is 0 Å². The predicted octanol–water partition coefficient (Wildman–Crippen LogP) is 4.87. The summed E-state index contributed by atoms with van der Waals surface area (Å²) in [6.07, 6.45) is -4.52. The highest BCUT2D eigenvalue weighted by Gasteiger charge is 2.38. The van der Waals surface area contributed by atoms with Gasteiger partial charge in [0.25, 0.3) is 0 Å². The van der Waals surface area contributed by atoms with E-state index in [9.17, 15) is 13.2 Å². The molecule has 0 saturated heterocycles. The van der Waals surface area contributed by atoms with Crippen LogP contribution < -0.4 is 5.73 Å². The zero-order chi connectivity index (χ0) is 17.5. The van der Waals surface area contributed by atoms with Crippen LogP contribution in [0.4, 0.5) is 13.2 Å². The maximum Gasteiger partial charge on any atom is 0.417 e. The van der Waals surface area contributed by atoms with Gasteiger partial charge in [0, 0.05) is 15.6 Å². The van der Waals surface area contributed by atoms with Crippen molar-refractivity contribution in [2.45, 2.75) is 12.1 Å². The molecule has 0 radical (unpaired) electrons. The highest BCUT2D eigenvalue weighted by Crippen LogP contribution is 2.37. The van der Waals surface area contributed by atoms with E-state index in [-0.39, 0.29) is 22.1 Å². The van der Waals surface area contributed by atoms with Crippen molar-refractivity contribution in [3.8, 4) is 0 Å². The van der Waals surface area contributed by atoms with Crippen molar-refractivity contribution in [2.75, 3.05) is 0 Å². The molecule has 2 N–H and O–H groups in total. The van der Waals surface area contributed by atoms with Crippen LogP contribution in [0.2, 0.25) is 10.0 Å². The van der Waals surface area contributed by atoms with Crippen LogP contribution in [-0.2, 0) is 6.18 Å². The molecule has 0 aliphatic carbocycles. The first kappa shape index (κ1) is 16.8. The Morgan fingerprint density at radius 3 is 2.38 bits per heavy atom. The lowest BCUT2D eigenvalue weighted by molar-refractivity contribution is -0.137. The molecule has 3 rings (SSSR count).